The molecular formula is C16H32N2. The lowest BCUT2D eigenvalue weighted by Crippen LogP contribution is -2.44. The van der Waals surface area contributed by atoms with E-state index in [-0.39, 0.29) is 0 Å². The average Bonchev–Trinajstić information content (AvgIpc) is 3.19. The first kappa shape index (κ1) is 14.3. The van der Waals surface area contributed by atoms with Crippen molar-refractivity contribution in [3.05, 3.63) is 0 Å². The Morgan fingerprint density at radius 1 is 1.06 bits per heavy atom. The Balaban J connectivity index is 1.76. The van der Waals surface area contributed by atoms with Crippen molar-refractivity contribution >= 4 is 0 Å². The van der Waals surface area contributed by atoms with Crippen LogP contribution < -0.4 is 5.73 Å². The number of nitrogens with two attached hydrogens (primary N) is 1. The zero-order chi connectivity index (χ0) is 13.0. The topological polar surface area (TPSA) is 29.3 Å². The first-order chi connectivity index (χ1) is 8.66. The highest BCUT2D eigenvalue weighted by Gasteiger charge is 2.31. The minimum Gasteiger partial charge on any atom is -0.326 e. The molecule has 2 saturated carbocycles. The molecule has 2 heteroatoms. The summed E-state index contributed by atoms with van der Waals surface area (Å²) in [5.74, 6) is 1.62. The van der Waals surface area contributed by atoms with E-state index in [1.165, 1.54) is 57.9 Å². The fourth-order valence-corrected chi connectivity index (χ4v) is 3.27. The van der Waals surface area contributed by atoms with E-state index in [0.29, 0.717) is 6.04 Å². The summed E-state index contributed by atoms with van der Waals surface area (Å²) in [4.78, 5) is 2.69. The molecule has 0 spiro atoms. The van der Waals surface area contributed by atoms with Crippen LogP contribution in [0.25, 0.3) is 0 Å². The van der Waals surface area contributed by atoms with Gasteiger partial charge in [-0.2, -0.15) is 0 Å². The van der Waals surface area contributed by atoms with E-state index in [0.717, 1.165) is 24.4 Å². The molecule has 0 amide bonds. The second-order valence-corrected chi connectivity index (χ2v) is 6.97. The van der Waals surface area contributed by atoms with Crippen LogP contribution in [0.15, 0.2) is 0 Å². The smallest absolute Gasteiger partial charge is 0.0196 e. The summed E-state index contributed by atoms with van der Waals surface area (Å²) >= 11 is 0. The van der Waals surface area contributed by atoms with Gasteiger partial charge in [0.25, 0.3) is 0 Å². The lowest BCUT2D eigenvalue weighted by Gasteiger charge is -2.32. The molecule has 2 aliphatic carbocycles. The first-order valence-electron chi connectivity index (χ1n) is 8.16. The van der Waals surface area contributed by atoms with Gasteiger partial charge in [0.1, 0.15) is 0 Å². The maximum atomic E-state index is 6.48. The van der Waals surface area contributed by atoms with Crippen LogP contribution in [0, 0.1) is 11.8 Å². The van der Waals surface area contributed by atoms with Gasteiger partial charge in [-0.25, -0.2) is 0 Å². The standard InChI is InChI=1S/C16H32N2/c1-13(2)10-11-18(15-8-9-15)12-16(17)14-6-4-3-5-7-14/h13-16H,3-12,17H2,1-2H3. The van der Waals surface area contributed by atoms with E-state index >= 15 is 0 Å². The molecule has 1 atom stereocenters. The predicted octanol–water partition coefficient (Wildman–Crippen LogP) is 3.40. The second kappa shape index (κ2) is 6.91. The quantitative estimate of drug-likeness (QED) is 0.752. The molecule has 2 rings (SSSR count). The minimum absolute atomic E-state index is 0.429. The van der Waals surface area contributed by atoms with Gasteiger partial charge in [0, 0.05) is 18.6 Å². The lowest BCUT2D eigenvalue weighted by atomic mass is 9.84. The molecule has 0 bridgehead atoms. The van der Waals surface area contributed by atoms with Gasteiger partial charge in [-0.15, -0.1) is 0 Å². The molecule has 0 saturated heterocycles. The molecule has 2 N–H and O–H groups in total. The number of hydrogen-bond donors (Lipinski definition) is 1. The number of hydrogen-bond acceptors (Lipinski definition) is 2. The largest absolute Gasteiger partial charge is 0.326 e. The van der Waals surface area contributed by atoms with Crippen LogP contribution in [-0.2, 0) is 0 Å². The highest BCUT2D eigenvalue weighted by Crippen LogP contribution is 2.30. The number of rotatable bonds is 7. The van der Waals surface area contributed by atoms with Crippen molar-refractivity contribution in [2.45, 2.75) is 77.3 Å². The van der Waals surface area contributed by atoms with Crippen molar-refractivity contribution < 1.29 is 0 Å². The Kier molecular flexibility index (Phi) is 5.50. The van der Waals surface area contributed by atoms with Gasteiger partial charge in [0.2, 0.25) is 0 Å². The van der Waals surface area contributed by atoms with Crippen molar-refractivity contribution in [2.24, 2.45) is 17.6 Å². The predicted molar refractivity (Wildman–Crippen MR) is 78.6 cm³/mol. The zero-order valence-corrected chi connectivity index (χ0v) is 12.4. The van der Waals surface area contributed by atoms with E-state index in [4.69, 9.17) is 5.73 Å². The Bertz CT molecular complexity index is 229. The normalized spacial score (nSPS) is 23.8. The zero-order valence-electron chi connectivity index (χ0n) is 12.4. The second-order valence-electron chi connectivity index (χ2n) is 6.97. The molecule has 0 aromatic carbocycles. The molecule has 2 aliphatic rings. The van der Waals surface area contributed by atoms with Crippen LogP contribution in [0.4, 0.5) is 0 Å². The Morgan fingerprint density at radius 2 is 1.72 bits per heavy atom. The summed E-state index contributed by atoms with van der Waals surface area (Å²) in [6, 6.07) is 1.30. The van der Waals surface area contributed by atoms with Crippen molar-refractivity contribution in [2.75, 3.05) is 13.1 Å². The van der Waals surface area contributed by atoms with Gasteiger partial charge in [-0.1, -0.05) is 33.1 Å². The molecule has 0 heterocycles. The van der Waals surface area contributed by atoms with Crippen molar-refractivity contribution in [3.63, 3.8) is 0 Å². The summed E-state index contributed by atoms with van der Waals surface area (Å²) in [6.45, 7) is 7.07. The van der Waals surface area contributed by atoms with Crippen molar-refractivity contribution in [1.82, 2.24) is 4.90 Å². The average molecular weight is 252 g/mol. The van der Waals surface area contributed by atoms with Gasteiger partial charge < -0.3 is 5.73 Å². The van der Waals surface area contributed by atoms with Gasteiger partial charge in [0.15, 0.2) is 0 Å². The molecule has 1 unspecified atom stereocenters. The Morgan fingerprint density at radius 3 is 2.28 bits per heavy atom. The van der Waals surface area contributed by atoms with E-state index in [2.05, 4.69) is 18.7 Å². The van der Waals surface area contributed by atoms with Gasteiger partial charge in [-0.05, 0) is 50.5 Å². The highest BCUT2D eigenvalue weighted by molar-refractivity contribution is 4.88. The van der Waals surface area contributed by atoms with Crippen LogP contribution in [0.1, 0.15) is 65.2 Å². The Labute approximate surface area is 113 Å². The van der Waals surface area contributed by atoms with Gasteiger partial charge >= 0.3 is 0 Å². The van der Waals surface area contributed by atoms with Crippen molar-refractivity contribution in [3.8, 4) is 0 Å². The third kappa shape index (κ3) is 4.55. The van der Waals surface area contributed by atoms with Gasteiger partial charge in [-0.3, -0.25) is 4.90 Å². The lowest BCUT2D eigenvalue weighted by molar-refractivity contribution is 0.191. The van der Waals surface area contributed by atoms with Crippen LogP contribution in [0.5, 0.6) is 0 Å². The maximum Gasteiger partial charge on any atom is 0.0196 e. The van der Waals surface area contributed by atoms with Crippen LogP contribution in [0.2, 0.25) is 0 Å². The van der Waals surface area contributed by atoms with Gasteiger partial charge in [0.05, 0.1) is 0 Å². The van der Waals surface area contributed by atoms with E-state index in [1.54, 1.807) is 0 Å². The maximum absolute atomic E-state index is 6.48. The van der Waals surface area contributed by atoms with E-state index < -0.39 is 0 Å². The van der Waals surface area contributed by atoms with E-state index in [1.807, 2.05) is 0 Å². The summed E-state index contributed by atoms with van der Waals surface area (Å²) < 4.78 is 0. The molecule has 0 aliphatic heterocycles. The summed E-state index contributed by atoms with van der Waals surface area (Å²) in [7, 11) is 0. The molecule has 2 nitrogen and oxygen atoms in total. The summed E-state index contributed by atoms with van der Waals surface area (Å²) in [5, 5.41) is 0. The Hall–Kier alpha value is -0.0800. The van der Waals surface area contributed by atoms with Crippen LogP contribution in [-0.4, -0.2) is 30.1 Å². The first-order valence-corrected chi connectivity index (χ1v) is 8.16. The highest BCUT2D eigenvalue weighted by atomic mass is 15.2. The molecule has 18 heavy (non-hydrogen) atoms. The minimum atomic E-state index is 0.429. The number of nitrogens with zero attached hydrogens (tertiary/aromatic N) is 1. The van der Waals surface area contributed by atoms with Crippen molar-refractivity contribution in [1.29, 1.82) is 0 Å². The summed E-state index contributed by atoms with van der Waals surface area (Å²) in [6.07, 6.45) is 11.2. The molecule has 0 aromatic heterocycles. The monoisotopic (exact) mass is 252 g/mol. The molecule has 0 radical (unpaired) electrons. The molecule has 0 aromatic rings. The SMILES string of the molecule is CC(C)CCN(CC(N)C1CCCCC1)C1CC1. The van der Waals surface area contributed by atoms with Crippen LogP contribution >= 0.6 is 0 Å². The van der Waals surface area contributed by atoms with Crippen LogP contribution in [0.3, 0.4) is 0 Å². The van der Waals surface area contributed by atoms with E-state index in [9.17, 15) is 0 Å². The molecular weight excluding hydrogens is 220 g/mol. The fraction of sp³-hybridized carbons (Fsp3) is 1.00. The molecule has 2 fully saturated rings. The fourth-order valence-electron chi connectivity index (χ4n) is 3.27. The third-order valence-corrected chi connectivity index (χ3v) is 4.76. The summed E-state index contributed by atoms with van der Waals surface area (Å²) in [5.41, 5.74) is 6.48. The third-order valence-electron chi connectivity index (χ3n) is 4.76. The molecule has 106 valence electrons.